The van der Waals surface area contributed by atoms with E-state index in [2.05, 4.69) is 10.5 Å². The van der Waals surface area contributed by atoms with Gasteiger partial charge in [0.2, 0.25) is 5.75 Å². The van der Waals surface area contributed by atoms with Crippen LogP contribution in [0.2, 0.25) is 0 Å². The minimum Gasteiger partial charge on any atom is -0.496 e. The van der Waals surface area contributed by atoms with Crippen molar-refractivity contribution in [1.29, 1.82) is 0 Å². The van der Waals surface area contributed by atoms with Crippen LogP contribution in [0.15, 0.2) is 41.5 Å². The second kappa shape index (κ2) is 7.77. The molecule has 3 N–H and O–H groups in total. The smallest absolute Gasteiger partial charge is 0.311 e. The van der Waals surface area contributed by atoms with E-state index in [1.54, 1.807) is 24.3 Å². The molecule has 2 rings (SSSR count). The van der Waals surface area contributed by atoms with Gasteiger partial charge >= 0.3 is 5.69 Å². The lowest BCUT2D eigenvalue weighted by Gasteiger charge is -2.08. The number of anilines is 1. The number of nitrogens with two attached hydrogens (primary N) is 1. The Hall–Kier alpha value is -3.62. The van der Waals surface area contributed by atoms with Gasteiger partial charge in [-0.25, -0.2) is 5.43 Å². The lowest BCUT2D eigenvalue weighted by Crippen LogP contribution is -2.19. The zero-order valence-corrected chi connectivity index (χ0v) is 13.6. The lowest BCUT2D eigenvalue weighted by atomic mass is 10.1. The minimum atomic E-state index is -0.584. The summed E-state index contributed by atoms with van der Waals surface area (Å²) in [4.78, 5) is 22.5. The number of hydrogen-bond acceptors (Lipinski definition) is 7. The second-order valence-corrected chi connectivity index (χ2v) is 4.81. The van der Waals surface area contributed by atoms with Crippen LogP contribution >= 0.6 is 0 Å². The third-order valence-corrected chi connectivity index (χ3v) is 3.30. The van der Waals surface area contributed by atoms with Crippen molar-refractivity contribution < 1.29 is 19.2 Å². The Balaban J connectivity index is 2.25. The number of nitrogen functional groups attached to an aromatic ring is 1. The standard InChI is InChI=1S/C16H16N4O5/c1-24-14-8-15(25-2)13(20(22)23)7-10(14)9-18-19-16(21)11-5-3-4-6-12(11)17/h3-9H,17H2,1-2H3,(H,19,21)/b18-9+. The third kappa shape index (κ3) is 4.02. The molecule has 9 heteroatoms. The maximum Gasteiger partial charge on any atom is 0.311 e. The van der Waals surface area contributed by atoms with E-state index in [9.17, 15) is 14.9 Å². The predicted octanol–water partition coefficient (Wildman–Crippen LogP) is 1.96. The number of nitro benzene ring substituents is 1. The zero-order valence-electron chi connectivity index (χ0n) is 13.6. The Labute approximate surface area is 143 Å². The number of nitro groups is 1. The first-order valence-electron chi connectivity index (χ1n) is 7.06. The van der Waals surface area contributed by atoms with Crippen molar-refractivity contribution in [3.05, 3.63) is 57.6 Å². The fourth-order valence-corrected chi connectivity index (χ4v) is 2.07. The average Bonchev–Trinajstić information content (AvgIpc) is 2.61. The molecule has 0 spiro atoms. The molecular weight excluding hydrogens is 328 g/mol. The highest BCUT2D eigenvalue weighted by Crippen LogP contribution is 2.33. The highest BCUT2D eigenvalue weighted by Gasteiger charge is 2.19. The summed E-state index contributed by atoms with van der Waals surface area (Å²) in [6.45, 7) is 0. The number of hydrazone groups is 1. The summed E-state index contributed by atoms with van der Waals surface area (Å²) in [5.74, 6) is -0.143. The van der Waals surface area contributed by atoms with Crippen molar-refractivity contribution in [2.45, 2.75) is 0 Å². The normalized spacial score (nSPS) is 10.5. The number of para-hydroxylation sites is 1. The Morgan fingerprint density at radius 2 is 1.92 bits per heavy atom. The van der Waals surface area contributed by atoms with Crippen LogP contribution < -0.4 is 20.6 Å². The van der Waals surface area contributed by atoms with Gasteiger partial charge in [0.05, 0.1) is 30.9 Å². The van der Waals surface area contributed by atoms with Crippen molar-refractivity contribution in [3.63, 3.8) is 0 Å². The van der Waals surface area contributed by atoms with E-state index in [4.69, 9.17) is 15.2 Å². The van der Waals surface area contributed by atoms with Gasteiger partial charge in [-0.3, -0.25) is 14.9 Å². The van der Waals surface area contributed by atoms with E-state index in [-0.39, 0.29) is 17.0 Å². The van der Waals surface area contributed by atoms with E-state index in [1.807, 2.05) is 0 Å². The van der Waals surface area contributed by atoms with E-state index < -0.39 is 10.8 Å². The van der Waals surface area contributed by atoms with Gasteiger partial charge in [0.1, 0.15) is 5.75 Å². The first-order chi connectivity index (χ1) is 12.0. The topological polar surface area (TPSA) is 129 Å². The zero-order chi connectivity index (χ0) is 18.4. The molecule has 0 fully saturated rings. The van der Waals surface area contributed by atoms with Crippen molar-refractivity contribution in [1.82, 2.24) is 5.43 Å². The minimum absolute atomic E-state index is 0.0556. The number of methoxy groups -OCH3 is 2. The van der Waals surface area contributed by atoms with E-state index >= 15 is 0 Å². The van der Waals surface area contributed by atoms with Gasteiger partial charge in [-0.2, -0.15) is 5.10 Å². The molecule has 0 radical (unpaired) electrons. The molecule has 0 bridgehead atoms. The van der Waals surface area contributed by atoms with Crippen molar-refractivity contribution in [2.24, 2.45) is 5.10 Å². The van der Waals surface area contributed by atoms with E-state index in [0.29, 0.717) is 17.0 Å². The van der Waals surface area contributed by atoms with Crippen molar-refractivity contribution in [2.75, 3.05) is 20.0 Å². The fraction of sp³-hybridized carbons (Fsp3) is 0.125. The molecule has 0 atom stereocenters. The van der Waals surface area contributed by atoms with Gasteiger partial charge in [-0.15, -0.1) is 0 Å². The maximum atomic E-state index is 12.0. The Kier molecular flexibility index (Phi) is 5.51. The Bertz CT molecular complexity index is 835. The second-order valence-electron chi connectivity index (χ2n) is 4.81. The molecule has 0 saturated carbocycles. The maximum absolute atomic E-state index is 12.0. The Morgan fingerprint density at radius 3 is 2.52 bits per heavy atom. The largest absolute Gasteiger partial charge is 0.496 e. The number of rotatable bonds is 6. The molecule has 0 aliphatic heterocycles. The van der Waals surface area contributed by atoms with E-state index in [1.165, 1.54) is 32.6 Å². The first kappa shape index (κ1) is 17.7. The van der Waals surface area contributed by atoms with Crippen LogP contribution in [-0.4, -0.2) is 31.3 Å². The predicted molar refractivity (Wildman–Crippen MR) is 92.1 cm³/mol. The van der Waals surface area contributed by atoms with Crippen LogP contribution in [0.25, 0.3) is 0 Å². The van der Waals surface area contributed by atoms with Gasteiger partial charge in [-0.1, -0.05) is 12.1 Å². The van der Waals surface area contributed by atoms with Crippen LogP contribution in [0.4, 0.5) is 11.4 Å². The molecule has 0 aromatic heterocycles. The molecule has 2 aromatic rings. The summed E-state index contributed by atoms with van der Waals surface area (Å²) in [7, 11) is 2.72. The van der Waals surface area contributed by atoms with Gasteiger partial charge in [-0.05, 0) is 12.1 Å². The van der Waals surface area contributed by atoms with Gasteiger partial charge in [0.25, 0.3) is 5.91 Å². The molecule has 130 valence electrons. The van der Waals surface area contributed by atoms with Gasteiger partial charge < -0.3 is 15.2 Å². The number of nitrogens with zero attached hydrogens (tertiary/aromatic N) is 2. The average molecular weight is 344 g/mol. The molecule has 0 unspecified atom stereocenters. The summed E-state index contributed by atoms with van der Waals surface area (Å²) in [5.41, 5.74) is 8.66. The van der Waals surface area contributed by atoms with Crippen LogP contribution in [0.3, 0.4) is 0 Å². The summed E-state index contributed by atoms with van der Waals surface area (Å²) in [6, 6.07) is 9.13. The number of benzene rings is 2. The highest BCUT2D eigenvalue weighted by molar-refractivity contribution is 5.99. The number of nitrogens with one attached hydrogen (secondary N) is 1. The van der Waals surface area contributed by atoms with Crippen LogP contribution in [0.5, 0.6) is 11.5 Å². The Morgan fingerprint density at radius 1 is 1.24 bits per heavy atom. The number of hydrogen-bond donors (Lipinski definition) is 2. The molecule has 0 aliphatic carbocycles. The van der Waals surface area contributed by atoms with Crippen molar-refractivity contribution >= 4 is 23.5 Å². The fourth-order valence-electron chi connectivity index (χ4n) is 2.07. The van der Waals surface area contributed by atoms with Crippen LogP contribution in [0.1, 0.15) is 15.9 Å². The molecule has 0 heterocycles. The molecule has 25 heavy (non-hydrogen) atoms. The van der Waals surface area contributed by atoms with E-state index in [0.717, 1.165) is 0 Å². The summed E-state index contributed by atoms with van der Waals surface area (Å²) in [6.07, 6.45) is 1.24. The SMILES string of the molecule is COc1cc(OC)c([N+](=O)[O-])cc1/C=N/NC(=O)c1ccccc1N. The number of carbonyl (C=O) groups excluding carboxylic acids is 1. The highest BCUT2D eigenvalue weighted by atomic mass is 16.6. The van der Waals surface area contributed by atoms with Crippen LogP contribution in [0, 0.1) is 10.1 Å². The third-order valence-electron chi connectivity index (χ3n) is 3.30. The number of amides is 1. The lowest BCUT2D eigenvalue weighted by molar-refractivity contribution is -0.385. The molecule has 0 aliphatic rings. The molecule has 2 aromatic carbocycles. The van der Waals surface area contributed by atoms with Gasteiger partial charge in [0.15, 0.2) is 0 Å². The quantitative estimate of drug-likeness (QED) is 0.357. The van der Waals surface area contributed by atoms with Gasteiger partial charge in [0, 0.05) is 23.4 Å². The first-order valence-corrected chi connectivity index (χ1v) is 7.06. The summed E-state index contributed by atoms with van der Waals surface area (Å²) < 4.78 is 10.1. The number of ether oxygens (including phenoxy) is 2. The molecule has 1 amide bonds. The molecule has 9 nitrogen and oxygen atoms in total. The van der Waals surface area contributed by atoms with Crippen molar-refractivity contribution in [3.8, 4) is 11.5 Å². The monoisotopic (exact) mass is 344 g/mol. The molecular formula is C16H16N4O5. The summed E-state index contributed by atoms with van der Waals surface area (Å²) in [5, 5.41) is 14.9. The van der Waals surface area contributed by atoms with Crippen LogP contribution in [-0.2, 0) is 0 Å². The molecule has 0 saturated heterocycles. The summed E-state index contributed by atoms with van der Waals surface area (Å²) >= 11 is 0. The number of carbonyl (C=O) groups is 1.